The number of carbonyl (C=O) groups is 1. The van der Waals surface area contributed by atoms with E-state index >= 15 is 0 Å². The van der Waals surface area contributed by atoms with Crippen LogP contribution in [0.4, 0.5) is 11.4 Å². The first-order valence-electron chi connectivity index (χ1n) is 6.09. The van der Waals surface area contributed by atoms with Gasteiger partial charge in [0.15, 0.2) is 0 Å². The molecule has 0 heterocycles. The Bertz CT molecular complexity index is 533. The second kappa shape index (κ2) is 7.59. The fraction of sp³-hybridized carbons (Fsp3) is 0.417. The number of nitro groups is 1. The second-order valence-corrected chi connectivity index (χ2v) is 5.79. The Morgan fingerprint density at radius 1 is 1.45 bits per heavy atom. The lowest BCUT2D eigenvalue weighted by atomic mass is 10.1. The summed E-state index contributed by atoms with van der Waals surface area (Å²) in [5.41, 5.74) is 0.473. The van der Waals surface area contributed by atoms with Crippen molar-refractivity contribution in [1.82, 2.24) is 5.32 Å². The third-order valence-corrected chi connectivity index (χ3v) is 3.95. The first kappa shape index (κ1) is 16.1. The highest BCUT2D eigenvalue weighted by Gasteiger charge is 2.16. The molecule has 2 N–H and O–H groups in total. The molecule has 1 aromatic rings. The molecule has 1 aromatic carbocycles. The molecule has 0 fully saturated rings. The van der Waals surface area contributed by atoms with Gasteiger partial charge in [-0.1, -0.05) is 6.92 Å². The van der Waals surface area contributed by atoms with E-state index in [-0.39, 0.29) is 17.3 Å². The summed E-state index contributed by atoms with van der Waals surface area (Å²) < 4.78 is 11.3. The van der Waals surface area contributed by atoms with E-state index in [1.54, 1.807) is 0 Å². The highest BCUT2D eigenvalue weighted by molar-refractivity contribution is 7.84. The number of benzene rings is 1. The standard InChI is InChI=1S/C12H17N3O4S/c1-3-20(19)7-6-14-10-8-9(12(16)13-2)4-5-11(10)15(17)18/h4-5,8,14H,3,6-7H2,1-2H3,(H,13,16). The van der Waals surface area contributed by atoms with E-state index < -0.39 is 15.7 Å². The molecule has 20 heavy (non-hydrogen) atoms. The Balaban J connectivity index is 2.91. The molecule has 0 aromatic heterocycles. The average Bonchev–Trinajstić information content (AvgIpc) is 2.45. The van der Waals surface area contributed by atoms with Crippen molar-refractivity contribution in [2.24, 2.45) is 0 Å². The predicted molar refractivity (Wildman–Crippen MR) is 78.5 cm³/mol. The molecule has 0 aliphatic heterocycles. The molecular formula is C12H17N3O4S. The SMILES string of the molecule is CCS(=O)CCNc1cc(C(=O)NC)ccc1[N+](=O)[O-]. The maximum Gasteiger partial charge on any atom is 0.292 e. The van der Waals surface area contributed by atoms with Crippen LogP contribution in [0.5, 0.6) is 0 Å². The molecule has 1 rings (SSSR count). The molecule has 1 unspecified atom stereocenters. The van der Waals surface area contributed by atoms with Crippen LogP contribution in [0.2, 0.25) is 0 Å². The molecule has 0 bridgehead atoms. The summed E-state index contributed by atoms with van der Waals surface area (Å²) in [7, 11) is 0.542. The van der Waals surface area contributed by atoms with Crippen LogP contribution in [0.25, 0.3) is 0 Å². The number of hydrogen-bond donors (Lipinski definition) is 2. The van der Waals surface area contributed by atoms with Crippen molar-refractivity contribution < 1.29 is 13.9 Å². The Morgan fingerprint density at radius 3 is 2.70 bits per heavy atom. The lowest BCUT2D eigenvalue weighted by molar-refractivity contribution is -0.384. The number of rotatable bonds is 7. The van der Waals surface area contributed by atoms with E-state index in [0.29, 0.717) is 23.6 Å². The normalized spacial score (nSPS) is 11.7. The zero-order valence-corrected chi connectivity index (χ0v) is 12.2. The summed E-state index contributed by atoms with van der Waals surface area (Å²) in [4.78, 5) is 21.9. The summed E-state index contributed by atoms with van der Waals surface area (Å²) in [6.07, 6.45) is 0. The molecule has 110 valence electrons. The van der Waals surface area contributed by atoms with Crippen LogP contribution in [-0.2, 0) is 10.8 Å². The minimum atomic E-state index is -0.945. The number of nitro benzene ring substituents is 1. The third-order valence-electron chi connectivity index (χ3n) is 2.65. The summed E-state index contributed by atoms with van der Waals surface area (Å²) in [5.74, 6) is 0.625. The Morgan fingerprint density at radius 2 is 2.15 bits per heavy atom. The summed E-state index contributed by atoms with van der Waals surface area (Å²) in [6.45, 7) is 2.16. The van der Waals surface area contributed by atoms with E-state index in [2.05, 4.69) is 10.6 Å². The van der Waals surface area contributed by atoms with Gasteiger partial charge in [0.25, 0.3) is 11.6 Å². The van der Waals surface area contributed by atoms with Crippen molar-refractivity contribution in [3.05, 3.63) is 33.9 Å². The quantitative estimate of drug-likeness (QED) is 0.580. The van der Waals surface area contributed by atoms with E-state index in [4.69, 9.17) is 0 Å². The molecule has 7 nitrogen and oxygen atoms in total. The minimum Gasteiger partial charge on any atom is -0.379 e. The molecule has 0 aliphatic carbocycles. The summed E-state index contributed by atoms with van der Waals surface area (Å²) in [6, 6.07) is 4.10. The van der Waals surface area contributed by atoms with Gasteiger partial charge in [0, 0.05) is 47.5 Å². The fourth-order valence-corrected chi connectivity index (χ4v) is 2.18. The van der Waals surface area contributed by atoms with Gasteiger partial charge in [-0.25, -0.2) is 0 Å². The predicted octanol–water partition coefficient (Wildman–Crippen LogP) is 1.13. The van der Waals surface area contributed by atoms with E-state index in [0.717, 1.165) is 0 Å². The van der Waals surface area contributed by atoms with Gasteiger partial charge in [0.05, 0.1) is 4.92 Å². The number of carbonyl (C=O) groups excluding carboxylic acids is 1. The monoisotopic (exact) mass is 299 g/mol. The molecule has 0 saturated heterocycles. The van der Waals surface area contributed by atoms with Gasteiger partial charge < -0.3 is 10.6 Å². The van der Waals surface area contributed by atoms with Crippen molar-refractivity contribution in [3.8, 4) is 0 Å². The maximum atomic E-state index is 11.5. The van der Waals surface area contributed by atoms with Crippen molar-refractivity contribution >= 4 is 28.1 Å². The van der Waals surface area contributed by atoms with Crippen LogP contribution in [0.3, 0.4) is 0 Å². The van der Waals surface area contributed by atoms with E-state index in [1.807, 2.05) is 6.92 Å². The molecule has 0 aliphatic rings. The first-order chi connectivity index (χ1) is 9.49. The molecule has 0 saturated carbocycles. The number of amides is 1. The van der Waals surface area contributed by atoms with Gasteiger partial charge in [-0.3, -0.25) is 19.1 Å². The smallest absolute Gasteiger partial charge is 0.292 e. The van der Waals surface area contributed by atoms with Crippen molar-refractivity contribution in [3.63, 3.8) is 0 Å². The number of nitrogens with zero attached hydrogens (tertiary/aromatic N) is 1. The Labute approximate surface area is 119 Å². The molecule has 0 spiro atoms. The second-order valence-electron chi connectivity index (χ2n) is 3.93. The fourth-order valence-electron chi connectivity index (χ4n) is 1.57. The van der Waals surface area contributed by atoms with Crippen molar-refractivity contribution in [2.45, 2.75) is 6.92 Å². The molecular weight excluding hydrogens is 282 g/mol. The molecule has 1 amide bonds. The number of hydrogen-bond acceptors (Lipinski definition) is 5. The van der Waals surface area contributed by atoms with Gasteiger partial charge >= 0.3 is 0 Å². The number of anilines is 1. The highest BCUT2D eigenvalue weighted by Crippen LogP contribution is 2.25. The Hall–Kier alpha value is -1.96. The van der Waals surface area contributed by atoms with Crippen LogP contribution in [0.15, 0.2) is 18.2 Å². The number of nitrogens with one attached hydrogen (secondary N) is 2. The van der Waals surface area contributed by atoms with Crippen LogP contribution < -0.4 is 10.6 Å². The maximum absolute atomic E-state index is 11.5. The largest absolute Gasteiger partial charge is 0.379 e. The van der Waals surface area contributed by atoms with Crippen LogP contribution in [0, 0.1) is 10.1 Å². The van der Waals surface area contributed by atoms with E-state index in [1.165, 1.54) is 25.2 Å². The topological polar surface area (TPSA) is 101 Å². The average molecular weight is 299 g/mol. The van der Waals surface area contributed by atoms with Gasteiger partial charge in [-0.2, -0.15) is 0 Å². The Kier molecular flexibility index (Phi) is 6.10. The summed E-state index contributed by atoms with van der Waals surface area (Å²) >= 11 is 0. The third kappa shape index (κ3) is 4.30. The van der Waals surface area contributed by atoms with Crippen LogP contribution in [-0.4, -0.2) is 40.1 Å². The zero-order valence-electron chi connectivity index (χ0n) is 11.3. The minimum absolute atomic E-state index is 0.111. The van der Waals surface area contributed by atoms with Gasteiger partial charge in [0.2, 0.25) is 0 Å². The van der Waals surface area contributed by atoms with E-state index in [9.17, 15) is 19.1 Å². The van der Waals surface area contributed by atoms with Gasteiger partial charge in [-0.05, 0) is 12.1 Å². The highest BCUT2D eigenvalue weighted by atomic mass is 32.2. The lowest BCUT2D eigenvalue weighted by Crippen LogP contribution is -2.18. The van der Waals surface area contributed by atoms with Gasteiger partial charge in [-0.15, -0.1) is 0 Å². The van der Waals surface area contributed by atoms with Crippen LogP contribution in [0.1, 0.15) is 17.3 Å². The first-order valence-corrected chi connectivity index (χ1v) is 7.57. The lowest BCUT2D eigenvalue weighted by Gasteiger charge is -2.08. The molecule has 0 radical (unpaired) electrons. The molecule has 8 heteroatoms. The molecule has 1 atom stereocenters. The van der Waals surface area contributed by atoms with Crippen molar-refractivity contribution in [1.29, 1.82) is 0 Å². The summed E-state index contributed by atoms with van der Waals surface area (Å²) in [5, 5.41) is 16.3. The van der Waals surface area contributed by atoms with Crippen LogP contribution >= 0.6 is 0 Å². The van der Waals surface area contributed by atoms with Gasteiger partial charge in [0.1, 0.15) is 5.69 Å². The zero-order chi connectivity index (χ0) is 15.1. The van der Waals surface area contributed by atoms with Crippen molar-refractivity contribution in [2.75, 3.05) is 30.4 Å².